The van der Waals surface area contributed by atoms with Crippen LogP contribution < -0.4 is 16.0 Å². The number of hydrogen-bond acceptors (Lipinski definition) is 5. The second-order valence-corrected chi connectivity index (χ2v) is 8.42. The highest BCUT2D eigenvalue weighted by atomic mass is 32.2. The fraction of sp³-hybridized carbons (Fsp3) is 0.348. The maximum Gasteiger partial charge on any atom is 0.316 e. The Kier molecular flexibility index (Phi) is 8.65. The van der Waals surface area contributed by atoms with E-state index in [2.05, 4.69) is 11.2 Å². The van der Waals surface area contributed by atoms with Crippen molar-refractivity contribution in [2.45, 2.75) is 25.7 Å². The van der Waals surface area contributed by atoms with Gasteiger partial charge in [0, 0.05) is 37.8 Å². The minimum absolute atomic E-state index is 0.499. The van der Waals surface area contributed by atoms with Gasteiger partial charge in [-0.2, -0.15) is 0 Å². The largest absolute Gasteiger partial charge is 0.316 e. The lowest BCUT2D eigenvalue weighted by molar-refractivity contribution is -0.107. The first-order chi connectivity index (χ1) is 14.7. The summed E-state index contributed by atoms with van der Waals surface area (Å²) < 4.78 is 4.91. The van der Waals surface area contributed by atoms with Crippen molar-refractivity contribution in [2.75, 3.05) is 25.0 Å². The number of aryl methyl sites for hydroxylation is 3. The molecule has 0 aliphatic rings. The number of hydrogen-bond donors (Lipinski definition) is 0. The Morgan fingerprint density at radius 1 is 0.935 bits per heavy atom. The highest BCUT2D eigenvalue weighted by Crippen LogP contribution is 2.24. The smallest absolute Gasteiger partial charge is 0.315 e. The first kappa shape index (κ1) is 24.4. The standard InChI is InChI=1S/C13H17N3O2S.C10H13NO/c1-5-14(2)19-9-6-7-10-11(8-9)16(4)13(18)12(17)15(10)3;1-3-11(8-12)10-6-4-5-9(2)7-10/h6-8H,5H2,1-4H3;4-8H,3H2,1-2H3. The Morgan fingerprint density at radius 3 is 2.13 bits per heavy atom. The van der Waals surface area contributed by atoms with Crippen molar-refractivity contribution in [3.8, 4) is 0 Å². The van der Waals surface area contributed by atoms with Crippen molar-refractivity contribution >= 4 is 35.1 Å². The Morgan fingerprint density at radius 2 is 1.58 bits per heavy atom. The van der Waals surface area contributed by atoms with E-state index in [9.17, 15) is 14.4 Å². The molecule has 3 rings (SSSR count). The van der Waals surface area contributed by atoms with Gasteiger partial charge in [-0.25, -0.2) is 4.31 Å². The molecule has 7 nitrogen and oxygen atoms in total. The predicted octanol–water partition coefficient (Wildman–Crippen LogP) is 3.17. The van der Waals surface area contributed by atoms with Gasteiger partial charge in [-0.15, -0.1) is 0 Å². The lowest BCUT2D eigenvalue weighted by Gasteiger charge is -2.14. The van der Waals surface area contributed by atoms with Gasteiger partial charge < -0.3 is 14.0 Å². The van der Waals surface area contributed by atoms with Crippen LogP contribution in [-0.2, 0) is 18.9 Å². The summed E-state index contributed by atoms with van der Waals surface area (Å²) >= 11 is 1.61. The fourth-order valence-electron chi connectivity index (χ4n) is 2.99. The Labute approximate surface area is 187 Å². The van der Waals surface area contributed by atoms with Crippen LogP contribution in [0.25, 0.3) is 11.0 Å². The molecule has 0 bridgehead atoms. The monoisotopic (exact) mass is 442 g/mol. The molecule has 0 spiro atoms. The molecule has 0 aliphatic carbocycles. The molecule has 1 amide bonds. The van der Waals surface area contributed by atoms with E-state index in [1.165, 1.54) is 14.7 Å². The van der Waals surface area contributed by atoms with Crippen LogP contribution >= 0.6 is 11.9 Å². The molecule has 1 aromatic heterocycles. The van der Waals surface area contributed by atoms with Crippen molar-refractivity contribution in [1.29, 1.82) is 0 Å². The fourth-order valence-corrected chi connectivity index (χ4v) is 3.77. The minimum Gasteiger partial charge on any atom is -0.315 e. The van der Waals surface area contributed by atoms with E-state index < -0.39 is 11.1 Å². The molecule has 0 unspecified atom stereocenters. The van der Waals surface area contributed by atoms with Crippen LogP contribution in [0.4, 0.5) is 5.69 Å². The molecule has 0 atom stereocenters. The molecule has 3 aromatic rings. The second kappa shape index (κ2) is 11.0. The van der Waals surface area contributed by atoms with Crippen LogP contribution in [0, 0.1) is 6.92 Å². The SMILES string of the molecule is CCN(C)Sc1ccc2c(c1)n(C)c(=O)c(=O)n2C.CCN(C=O)c1cccc(C)c1. The molecule has 31 heavy (non-hydrogen) atoms. The van der Waals surface area contributed by atoms with Gasteiger partial charge in [-0.1, -0.05) is 19.1 Å². The van der Waals surface area contributed by atoms with Crippen LogP contribution in [0.5, 0.6) is 0 Å². The summed E-state index contributed by atoms with van der Waals surface area (Å²) in [6.45, 7) is 7.69. The molecule has 0 N–H and O–H groups in total. The summed E-state index contributed by atoms with van der Waals surface area (Å²) in [5.74, 6) is 0. The highest BCUT2D eigenvalue weighted by molar-refractivity contribution is 7.97. The van der Waals surface area contributed by atoms with E-state index in [-0.39, 0.29) is 0 Å². The highest BCUT2D eigenvalue weighted by Gasteiger charge is 2.09. The van der Waals surface area contributed by atoms with Crippen molar-refractivity contribution in [3.63, 3.8) is 0 Å². The summed E-state index contributed by atoms with van der Waals surface area (Å²) in [6, 6.07) is 13.7. The molecule has 0 saturated carbocycles. The Hall–Kier alpha value is -2.84. The van der Waals surface area contributed by atoms with E-state index in [4.69, 9.17) is 0 Å². The third-order valence-electron chi connectivity index (χ3n) is 4.97. The third-order valence-corrected chi connectivity index (χ3v) is 6.00. The van der Waals surface area contributed by atoms with E-state index >= 15 is 0 Å². The molecular formula is C23H30N4O3S. The van der Waals surface area contributed by atoms with Gasteiger partial charge in [0.2, 0.25) is 6.41 Å². The normalized spacial score (nSPS) is 10.7. The Balaban J connectivity index is 0.000000245. The van der Waals surface area contributed by atoms with Gasteiger partial charge in [0.25, 0.3) is 0 Å². The number of anilines is 1. The molecule has 1 heterocycles. The topological polar surface area (TPSA) is 67.6 Å². The van der Waals surface area contributed by atoms with Crippen molar-refractivity contribution < 1.29 is 4.79 Å². The van der Waals surface area contributed by atoms with E-state index in [0.717, 1.165) is 34.6 Å². The van der Waals surface area contributed by atoms with Crippen molar-refractivity contribution in [2.24, 2.45) is 14.1 Å². The van der Waals surface area contributed by atoms with Crippen LogP contribution in [0.1, 0.15) is 19.4 Å². The minimum atomic E-state index is -0.499. The number of amides is 1. The molecule has 0 fully saturated rings. The molecule has 8 heteroatoms. The molecule has 0 saturated heterocycles. The third kappa shape index (κ3) is 5.86. The number of carbonyl (C=O) groups is 1. The van der Waals surface area contributed by atoms with Gasteiger partial charge in [0.05, 0.1) is 11.0 Å². The van der Waals surface area contributed by atoms with Crippen LogP contribution in [0.3, 0.4) is 0 Å². The first-order valence-electron chi connectivity index (χ1n) is 10.1. The average molecular weight is 443 g/mol. The van der Waals surface area contributed by atoms with Crippen LogP contribution in [-0.4, -0.2) is 40.0 Å². The van der Waals surface area contributed by atoms with Crippen molar-refractivity contribution in [1.82, 2.24) is 13.4 Å². The van der Waals surface area contributed by atoms with E-state index in [1.807, 2.05) is 63.4 Å². The van der Waals surface area contributed by atoms with E-state index in [1.54, 1.807) is 30.9 Å². The maximum absolute atomic E-state index is 11.8. The lowest BCUT2D eigenvalue weighted by Crippen LogP contribution is -2.39. The summed E-state index contributed by atoms with van der Waals surface area (Å²) in [6.07, 6.45) is 0.856. The molecule has 0 aliphatic heterocycles. The predicted molar refractivity (Wildman–Crippen MR) is 129 cm³/mol. The number of fused-ring (bicyclic) bond motifs is 1. The summed E-state index contributed by atoms with van der Waals surface area (Å²) in [4.78, 5) is 36.8. The van der Waals surface area contributed by atoms with E-state index in [0.29, 0.717) is 6.54 Å². The van der Waals surface area contributed by atoms with Gasteiger partial charge >= 0.3 is 11.1 Å². The van der Waals surface area contributed by atoms with Crippen LogP contribution in [0.15, 0.2) is 56.9 Å². The average Bonchev–Trinajstić information content (AvgIpc) is 2.77. The van der Waals surface area contributed by atoms with Gasteiger partial charge in [-0.3, -0.25) is 14.4 Å². The summed E-state index contributed by atoms with van der Waals surface area (Å²) in [5, 5.41) is 0. The van der Waals surface area contributed by atoms with Crippen molar-refractivity contribution in [3.05, 3.63) is 68.7 Å². The first-order valence-corrected chi connectivity index (χ1v) is 10.9. The quantitative estimate of drug-likeness (QED) is 0.333. The number of aromatic nitrogens is 2. The number of rotatable bonds is 6. The zero-order valence-electron chi connectivity index (χ0n) is 19.0. The Bertz CT molecular complexity index is 1170. The molecule has 2 aromatic carbocycles. The summed E-state index contributed by atoms with van der Waals surface area (Å²) in [7, 11) is 5.26. The van der Waals surface area contributed by atoms with Crippen LogP contribution in [0.2, 0.25) is 0 Å². The maximum atomic E-state index is 11.8. The van der Waals surface area contributed by atoms with Gasteiger partial charge in [0.15, 0.2) is 0 Å². The number of nitrogens with zero attached hydrogens (tertiary/aromatic N) is 4. The molecule has 166 valence electrons. The van der Waals surface area contributed by atoms with Gasteiger partial charge in [0.1, 0.15) is 0 Å². The van der Waals surface area contributed by atoms with Gasteiger partial charge in [-0.05, 0) is 68.7 Å². The zero-order valence-corrected chi connectivity index (χ0v) is 19.8. The number of carbonyl (C=O) groups excluding carboxylic acids is 1. The summed E-state index contributed by atoms with van der Waals surface area (Å²) in [5.41, 5.74) is 2.67. The molecular weight excluding hydrogens is 412 g/mol. The lowest BCUT2D eigenvalue weighted by atomic mass is 10.2. The molecule has 0 radical (unpaired) electrons. The number of benzene rings is 2. The zero-order chi connectivity index (χ0) is 23.1. The second-order valence-electron chi connectivity index (χ2n) is 7.14.